The minimum atomic E-state index is -0.812. The van der Waals surface area contributed by atoms with Crippen LogP contribution in [-0.2, 0) is 11.3 Å². The predicted molar refractivity (Wildman–Crippen MR) is 95.9 cm³/mol. The monoisotopic (exact) mass is 363 g/mol. The first kappa shape index (κ1) is 17.5. The van der Waals surface area contributed by atoms with Gasteiger partial charge < -0.3 is 19.6 Å². The van der Waals surface area contributed by atoms with E-state index in [1.807, 2.05) is 6.07 Å². The van der Waals surface area contributed by atoms with Crippen LogP contribution in [-0.4, -0.2) is 73.0 Å². The Morgan fingerprint density at radius 1 is 1.27 bits per heavy atom. The highest BCUT2D eigenvalue weighted by molar-refractivity contribution is 5.65. The molecular weight excluding hydrogens is 337 g/mol. The molecule has 0 saturated carbocycles. The van der Waals surface area contributed by atoms with E-state index >= 15 is 0 Å². The molecule has 1 N–H and O–H groups in total. The first-order valence-corrected chi connectivity index (χ1v) is 9.34. The number of likely N-dealkylation sites (tertiary alicyclic amines) is 2. The zero-order valence-electron chi connectivity index (χ0n) is 15.1. The van der Waals surface area contributed by atoms with Crippen LogP contribution in [0, 0.1) is 17.7 Å². The molecule has 0 spiro atoms. The normalized spacial score (nSPS) is 29.2. The third kappa shape index (κ3) is 3.38. The second kappa shape index (κ2) is 7.04. The molecular formula is C19H26FN3O3. The largest absolute Gasteiger partial charge is 0.465 e. The van der Waals surface area contributed by atoms with Crippen molar-refractivity contribution in [2.75, 3.05) is 50.8 Å². The van der Waals surface area contributed by atoms with Gasteiger partial charge in [-0.2, -0.15) is 0 Å². The topological polar surface area (TPSA) is 56.2 Å². The summed E-state index contributed by atoms with van der Waals surface area (Å²) in [6.45, 7) is 8.06. The summed E-state index contributed by atoms with van der Waals surface area (Å²) in [5.41, 5.74) is 2.10. The third-order valence-electron chi connectivity index (χ3n) is 5.95. The van der Waals surface area contributed by atoms with Gasteiger partial charge in [-0.3, -0.25) is 4.90 Å². The Bertz CT molecular complexity index is 672. The first-order valence-electron chi connectivity index (χ1n) is 9.34. The van der Waals surface area contributed by atoms with E-state index in [1.165, 1.54) is 11.0 Å². The molecule has 3 aliphatic heterocycles. The van der Waals surface area contributed by atoms with Gasteiger partial charge in [-0.1, -0.05) is 6.07 Å². The van der Waals surface area contributed by atoms with Crippen LogP contribution in [0.2, 0.25) is 0 Å². The highest BCUT2D eigenvalue weighted by Gasteiger charge is 2.41. The average molecular weight is 363 g/mol. The van der Waals surface area contributed by atoms with Crippen LogP contribution in [0.4, 0.5) is 14.9 Å². The van der Waals surface area contributed by atoms with Crippen LogP contribution >= 0.6 is 0 Å². The molecule has 26 heavy (non-hydrogen) atoms. The quantitative estimate of drug-likeness (QED) is 0.891. The molecule has 0 aliphatic carbocycles. The van der Waals surface area contributed by atoms with Gasteiger partial charge in [-0.15, -0.1) is 0 Å². The molecule has 7 heteroatoms. The number of carbonyl (C=O) groups is 1. The SMILES string of the molecule is CC1COCCN1c1cc(F)ccc1CN1CC2CN(C(=O)O)CC2C1. The van der Waals surface area contributed by atoms with Crippen LogP contribution in [0.15, 0.2) is 18.2 Å². The number of ether oxygens (including phenoxy) is 1. The van der Waals surface area contributed by atoms with E-state index in [0.717, 1.165) is 37.4 Å². The molecule has 1 aromatic rings. The zero-order chi connectivity index (χ0) is 18.3. The maximum absolute atomic E-state index is 13.9. The van der Waals surface area contributed by atoms with Crippen molar-refractivity contribution in [2.45, 2.75) is 19.5 Å². The van der Waals surface area contributed by atoms with Crippen molar-refractivity contribution in [3.05, 3.63) is 29.6 Å². The number of hydrogen-bond donors (Lipinski definition) is 1. The van der Waals surface area contributed by atoms with Crippen LogP contribution < -0.4 is 4.90 Å². The third-order valence-corrected chi connectivity index (χ3v) is 5.95. The van der Waals surface area contributed by atoms with E-state index in [2.05, 4.69) is 16.7 Å². The number of carboxylic acid groups (broad SMARTS) is 1. The van der Waals surface area contributed by atoms with Gasteiger partial charge in [-0.05, 0) is 36.5 Å². The Hall–Kier alpha value is -1.86. The number of halogens is 1. The lowest BCUT2D eigenvalue weighted by molar-refractivity contribution is 0.0987. The molecule has 3 aliphatic rings. The second-order valence-electron chi connectivity index (χ2n) is 7.79. The van der Waals surface area contributed by atoms with Gasteiger partial charge in [0.05, 0.1) is 13.2 Å². The molecule has 0 aromatic heterocycles. The lowest BCUT2D eigenvalue weighted by atomic mass is 10.0. The fourth-order valence-corrected chi connectivity index (χ4v) is 4.64. The van der Waals surface area contributed by atoms with Crippen LogP contribution in [0.5, 0.6) is 0 Å². The predicted octanol–water partition coefficient (Wildman–Crippen LogP) is 2.09. The summed E-state index contributed by atoms with van der Waals surface area (Å²) in [6.07, 6.45) is -0.812. The maximum atomic E-state index is 13.9. The Kier molecular flexibility index (Phi) is 4.75. The van der Waals surface area contributed by atoms with Crippen LogP contribution in [0.1, 0.15) is 12.5 Å². The molecule has 3 atom stereocenters. The van der Waals surface area contributed by atoms with Crippen molar-refractivity contribution < 1.29 is 19.0 Å². The molecule has 1 amide bonds. The van der Waals surface area contributed by atoms with E-state index in [4.69, 9.17) is 9.84 Å². The zero-order valence-corrected chi connectivity index (χ0v) is 15.1. The van der Waals surface area contributed by atoms with Crippen molar-refractivity contribution in [3.8, 4) is 0 Å². The van der Waals surface area contributed by atoms with Gasteiger partial charge in [0.15, 0.2) is 0 Å². The van der Waals surface area contributed by atoms with E-state index in [0.29, 0.717) is 38.1 Å². The van der Waals surface area contributed by atoms with Gasteiger partial charge in [0.25, 0.3) is 0 Å². The fraction of sp³-hybridized carbons (Fsp3) is 0.632. The highest BCUT2D eigenvalue weighted by Crippen LogP contribution is 2.34. The Balaban J connectivity index is 1.47. The van der Waals surface area contributed by atoms with Crippen LogP contribution in [0.25, 0.3) is 0 Å². The van der Waals surface area contributed by atoms with E-state index < -0.39 is 6.09 Å². The minimum absolute atomic E-state index is 0.210. The summed E-state index contributed by atoms with van der Waals surface area (Å²) in [5, 5.41) is 9.16. The van der Waals surface area contributed by atoms with Crippen molar-refractivity contribution in [3.63, 3.8) is 0 Å². The lowest BCUT2D eigenvalue weighted by Crippen LogP contribution is -2.44. The Morgan fingerprint density at radius 2 is 2.00 bits per heavy atom. The van der Waals surface area contributed by atoms with Gasteiger partial charge in [0.2, 0.25) is 0 Å². The van der Waals surface area contributed by atoms with E-state index in [1.54, 1.807) is 6.07 Å². The standard InChI is InChI=1S/C19H26FN3O3/c1-13-12-26-5-4-23(13)18-6-17(20)3-2-14(18)7-21-8-15-10-22(19(24)25)11-16(15)9-21/h2-3,6,13,15-16H,4-5,7-12H2,1H3,(H,24,25). The average Bonchev–Trinajstić information content (AvgIpc) is 3.15. The van der Waals surface area contributed by atoms with Crippen molar-refractivity contribution in [2.24, 2.45) is 11.8 Å². The molecule has 3 heterocycles. The van der Waals surface area contributed by atoms with Gasteiger partial charge in [0, 0.05) is 51.0 Å². The van der Waals surface area contributed by atoms with Crippen molar-refractivity contribution in [1.29, 1.82) is 0 Å². The summed E-state index contributed by atoms with van der Waals surface area (Å²) in [4.78, 5) is 17.3. The lowest BCUT2D eigenvalue weighted by Gasteiger charge is -2.37. The van der Waals surface area contributed by atoms with Gasteiger partial charge in [0.1, 0.15) is 5.82 Å². The number of anilines is 1. The van der Waals surface area contributed by atoms with E-state index in [-0.39, 0.29) is 11.9 Å². The summed E-state index contributed by atoms with van der Waals surface area (Å²) in [6, 6.07) is 5.30. The molecule has 0 bridgehead atoms. The Labute approximate surface area is 153 Å². The number of morpholine rings is 1. The first-order chi connectivity index (χ1) is 12.5. The molecule has 1 aromatic carbocycles. The minimum Gasteiger partial charge on any atom is -0.465 e. The number of fused-ring (bicyclic) bond motifs is 1. The number of rotatable bonds is 3. The second-order valence-corrected chi connectivity index (χ2v) is 7.79. The molecule has 142 valence electrons. The number of benzene rings is 1. The molecule has 6 nitrogen and oxygen atoms in total. The number of nitrogens with zero attached hydrogens (tertiary/aromatic N) is 3. The summed E-state index contributed by atoms with van der Waals surface area (Å²) in [5.74, 6) is 0.618. The summed E-state index contributed by atoms with van der Waals surface area (Å²) >= 11 is 0. The Morgan fingerprint density at radius 3 is 2.65 bits per heavy atom. The van der Waals surface area contributed by atoms with Gasteiger partial charge in [-0.25, -0.2) is 9.18 Å². The number of hydrogen-bond acceptors (Lipinski definition) is 4. The van der Waals surface area contributed by atoms with E-state index in [9.17, 15) is 9.18 Å². The smallest absolute Gasteiger partial charge is 0.407 e. The van der Waals surface area contributed by atoms with Crippen LogP contribution in [0.3, 0.4) is 0 Å². The maximum Gasteiger partial charge on any atom is 0.407 e. The fourth-order valence-electron chi connectivity index (χ4n) is 4.64. The summed E-state index contributed by atoms with van der Waals surface area (Å²) in [7, 11) is 0. The summed E-state index contributed by atoms with van der Waals surface area (Å²) < 4.78 is 19.4. The molecule has 4 rings (SSSR count). The van der Waals surface area contributed by atoms with Crippen molar-refractivity contribution >= 4 is 11.8 Å². The van der Waals surface area contributed by atoms with Gasteiger partial charge >= 0.3 is 6.09 Å². The van der Waals surface area contributed by atoms with Crippen molar-refractivity contribution in [1.82, 2.24) is 9.80 Å². The molecule has 3 fully saturated rings. The molecule has 3 unspecified atom stereocenters. The number of amides is 1. The molecule has 0 radical (unpaired) electrons. The molecule has 3 saturated heterocycles. The highest BCUT2D eigenvalue weighted by atomic mass is 19.1.